The standard InChI is InChI=1S/C11H8F3N3OS/c12-11(13,14)7-2-1-3-15-8(7)4-16-10(18)9-5-19-6-17-9/h1-3,5-6H,4H2,(H,16,18). The van der Waals surface area contributed by atoms with E-state index in [9.17, 15) is 18.0 Å². The van der Waals surface area contributed by atoms with E-state index in [1.165, 1.54) is 34.5 Å². The van der Waals surface area contributed by atoms with Crippen molar-refractivity contribution in [1.29, 1.82) is 0 Å². The zero-order chi connectivity index (χ0) is 13.9. The van der Waals surface area contributed by atoms with Gasteiger partial charge in [-0.3, -0.25) is 9.78 Å². The largest absolute Gasteiger partial charge is 0.418 e. The Morgan fingerprint density at radius 2 is 2.16 bits per heavy atom. The zero-order valence-corrected chi connectivity index (χ0v) is 10.3. The maximum Gasteiger partial charge on any atom is 0.418 e. The lowest BCUT2D eigenvalue weighted by atomic mass is 10.2. The molecular weight excluding hydrogens is 279 g/mol. The summed E-state index contributed by atoms with van der Waals surface area (Å²) in [6, 6.07) is 2.13. The molecule has 0 spiro atoms. The van der Waals surface area contributed by atoms with Gasteiger partial charge in [-0.15, -0.1) is 11.3 Å². The molecule has 0 aromatic carbocycles. The summed E-state index contributed by atoms with van der Waals surface area (Å²) in [5.74, 6) is -0.528. The molecule has 1 N–H and O–H groups in total. The lowest BCUT2D eigenvalue weighted by molar-refractivity contribution is -0.138. The second-order valence-electron chi connectivity index (χ2n) is 3.55. The Kier molecular flexibility index (Phi) is 3.79. The first kappa shape index (κ1) is 13.5. The number of thiazole rings is 1. The summed E-state index contributed by atoms with van der Waals surface area (Å²) in [6.07, 6.45) is -3.24. The Balaban J connectivity index is 2.10. The predicted molar refractivity (Wildman–Crippen MR) is 62.5 cm³/mol. The number of nitrogens with zero attached hydrogens (tertiary/aromatic N) is 2. The summed E-state index contributed by atoms with van der Waals surface area (Å²) >= 11 is 1.23. The van der Waals surface area contributed by atoms with Gasteiger partial charge in [0.2, 0.25) is 0 Å². The van der Waals surface area contributed by atoms with Crippen molar-refractivity contribution in [1.82, 2.24) is 15.3 Å². The van der Waals surface area contributed by atoms with E-state index >= 15 is 0 Å². The van der Waals surface area contributed by atoms with Gasteiger partial charge in [-0.25, -0.2) is 4.98 Å². The van der Waals surface area contributed by atoms with Crippen LogP contribution >= 0.6 is 11.3 Å². The lowest BCUT2D eigenvalue weighted by Crippen LogP contribution is -2.25. The Labute approximate surface area is 110 Å². The van der Waals surface area contributed by atoms with Gasteiger partial charge in [-0.1, -0.05) is 0 Å². The van der Waals surface area contributed by atoms with Crippen molar-refractivity contribution in [2.75, 3.05) is 0 Å². The molecule has 8 heteroatoms. The van der Waals surface area contributed by atoms with Crippen LogP contribution in [0.25, 0.3) is 0 Å². The van der Waals surface area contributed by atoms with Gasteiger partial charge in [-0.2, -0.15) is 13.2 Å². The summed E-state index contributed by atoms with van der Waals surface area (Å²) in [5, 5.41) is 3.87. The fourth-order valence-corrected chi connectivity index (χ4v) is 1.95. The van der Waals surface area contributed by atoms with Crippen molar-refractivity contribution in [3.8, 4) is 0 Å². The third-order valence-corrected chi connectivity index (χ3v) is 2.86. The fraction of sp³-hybridized carbons (Fsp3) is 0.182. The Hall–Kier alpha value is -1.96. The third-order valence-electron chi connectivity index (χ3n) is 2.28. The van der Waals surface area contributed by atoms with Crippen LogP contribution in [0.4, 0.5) is 13.2 Å². The molecule has 2 heterocycles. The lowest BCUT2D eigenvalue weighted by Gasteiger charge is -2.11. The second kappa shape index (κ2) is 5.35. The number of alkyl halides is 3. The van der Waals surface area contributed by atoms with Crippen LogP contribution in [0, 0.1) is 0 Å². The molecule has 2 aromatic rings. The van der Waals surface area contributed by atoms with Crippen molar-refractivity contribution in [3.63, 3.8) is 0 Å². The molecular formula is C11H8F3N3OS. The van der Waals surface area contributed by atoms with Crippen molar-refractivity contribution >= 4 is 17.2 Å². The number of carbonyl (C=O) groups is 1. The molecule has 2 aromatic heterocycles. The highest BCUT2D eigenvalue weighted by molar-refractivity contribution is 7.07. The molecule has 100 valence electrons. The van der Waals surface area contributed by atoms with Crippen LogP contribution in [0.2, 0.25) is 0 Å². The van der Waals surface area contributed by atoms with Crippen molar-refractivity contribution in [2.45, 2.75) is 12.7 Å². The van der Waals surface area contributed by atoms with E-state index in [0.717, 1.165) is 6.07 Å². The van der Waals surface area contributed by atoms with Crippen molar-refractivity contribution < 1.29 is 18.0 Å². The van der Waals surface area contributed by atoms with Gasteiger partial charge >= 0.3 is 6.18 Å². The third kappa shape index (κ3) is 3.28. The maximum atomic E-state index is 12.7. The van der Waals surface area contributed by atoms with Gasteiger partial charge < -0.3 is 5.32 Å². The molecule has 0 fully saturated rings. The van der Waals surface area contributed by atoms with Crippen LogP contribution in [-0.2, 0) is 12.7 Å². The number of amides is 1. The molecule has 0 bridgehead atoms. The van der Waals surface area contributed by atoms with Crippen molar-refractivity contribution in [2.24, 2.45) is 0 Å². The molecule has 0 aliphatic heterocycles. The van der Waals surface area contributed by atoms with Gasteiger partial charge in [0, 0.05) is 11.6 Å². The first-order valence-electron chi connectivity index (χ1n) is 5.16. The molecule has 0 saturated carbocycles. The molecule has 0 unspecified atom stereocenters. The van der Waals surface area contributed by atoms with Crippen LogP contribution in [0.5, 0.6) is 0 Å². The summed E-state index contributed by atoms with van der Waals surface area (Å²) in [5.41, 5.74) is 0.568. The van der Waals surface area contributed by atoms with Crippen molar-refractivity contribution in [3.05, 3.63) is 46.2 Å². The van der Waals surface area contributed by atoms with E-state index in [-0.39, 0.29) is 17.9 Å². The molecule has 0 radical (unpaired) electrons. The number of hydrogen-bond acceptors (Lipinski definition) is 4. The second-order valence-corrected chi connectivity index (χ2v) is 4.27. The molecule has 4 nitrogen and oxygen atoms in total. The van der Waals surface area contributed by atoms with E-state index in [4.69, 9.17) is 0 Å². The van der Waals surface area contributed by atoms with E-state index in [2.05, 4.69) is 15.3 Å². The highest BCUT2D eigenvalue weighted by Gasteiger charge is 2.33. The van der Waals surface area contributed by atoms with Gasteiger partial charge in [0.05, 0.1) is 23.3 Å². The maximum absolute atomic E-state index is 12.7. The summed E-state index contributed by atoms with van der Waals surface area (Å²) in [7, 11) is 0. The Bertz CT molecular complexity index is 569. The van der Waals surface area contributed by atoms with E-state index in [1.807, 2.05) is 0 Å². The minimum absolute atomic E-state index is 0.175. The number of carbonyl (C=O) groups excluding carboxylic acids is 1. The number of halogens is 3. The van der Waals surface area contributed by atoms with Crippen LogP contribution in [-0.4, -0.2) is 15.9 Å². The number of rotatable bonds is 3. The average Bonchev–Trinajstić information content (AvgIpc) is 2.89. The zero-order valence-electron chi connectivity index (χ0n) is 9.44. The molecule has 0 aliphatic rings. The number of pyridine rings is 1. The highest BCUT2D eigenvalue weighted by Crippen LogP contribution is 2.30. The van der Waals surface area contributed by atoms with E-state index in [0.29, 0.717) is 0 Å². The Morgan fingerprint density at radius 3 is 2.79 bits per heavy atom. The number of aromatic nitrogens is 2. The monoisotopic (exact) mass is 287 g/mol. The molecule has 2 rings (SSSR count). The first-order valence-corrected chi connectivity index (χ1v) is 6.10. The predicted octanol–water partition coefficient (Wildman–Crippen LogP) is 2.49. The average molecular weight is 287 g/mol. The summed E-state index contributed by atoms with van der Waals surface area (Å²) < 4.78 is 38.0. The SMILES string of the molecule is O=C(NCc1ncccc1C(F)(F)F)c1cscn1. The molecule has 0 atom stereocenters. The highest BCUT2D eigenvalue weighted by atomic mass is 32.1. The van der Waals surface area contributed by atoms with Crippen LogP contribution in [0.1, 0.15) is 21.7 Å². The van der Waals surface area contributed by atoms with Crippen LogP contribution in [0.3, 0.4) is 0 Å². The normalized spacial score (nSPS) is 11.3. The van der Waals surface area contributed by atoms with Gasteiger partial charge in [0.1, 0.15) is 5.69 Å². The first-order chi connectivity index (χ1) is 8.98. The topological polar surface area (TPSA) is 54.9 Å². The minimum atomic E-state index is -4.49. The van der Waals surface area contributed by atoms with Gasteiger partial charge in [0.15, 0.2) is 0 Å². The van der Waals surface area contributed by atoms with E-state index in [1.54, 1.807) is 0 Å². The van der Waals surface area contributed by atoms with Gasteiger partial charge in [0.25, 0.3) is 5.91 Å². The molecule has 1 amide bonds. The van der Waals surface area contributed by atoms with E-state index < -0.39 is 17.6 Å². The van der Waals surface area contributed by atoms with Crippen LogP contribution in [0.15, 0.2) is 29.2 Å². The Morgan fingerprint density at radius 1 is 1.37 bits per heavy atom. The molecule has 0 saturated heterocycles. The molecule has 19 heavy (non-hydrogen) atoms. The quantitative estimate of drug-likeness (QED) is 0.943. The smallest absolute Gasteiger partial charge is 0.345 e. The molecule has 0 aliphatic carbocycles. The number of nitrogens with one attached hydrogen (secondary N) is 1. The van der Waals surface area contributed by atoms with Crippen LogP contribution < -0.4 is 5.32 Å². The fourth-order valence-electron chi connectivity index (χ4n) is 1.42. The summed E-state index contributed by atoms with van der Waals surface area (Å²) in [6.45, 7) is -0.300. The van der Waals surface area contributed by atoms with Gasteiger partial charge in [-0.05, 0) is 12.1 Å². The summed E-state index contributed by atoms with van der Waals surface area (Å²) in [4.78, 5) is 19.0. The number of hydrogen-bond donors (Lipinski definition) is 1. The minimum Gasteiger partial charge on any atom is -0.345 e.